The van der Waals surface area contributed by atoms with Gasteiger partial charge in [-0.3, -0.25) is 9.69 Å². The Morgan fingerprint density at radius 3 is 2.47 bits per heavy atom. The molecule has 0 aromatic heterocycles. The Labute approximate surface area is 186 Å². The lowest BCUT2D eigenvalue weighted by atomic mass is 9.80. The molecule has 170 valence electrons. The van der Waals surface area contributed by atoms with Gasteiger partial charge in [0.25, 0.3) is 0 Å². The Morgan fingerprint density at radius 2 is 1.81 bits per heavy atom. The molecule has 7 nitrogen and oxygen atoms in total. The predicted molar refractivity (Wildman–Crippen MR) is 113 cm³/mol. The van der Waals surface area contributed by atoms with Gasteiger partial charge in [-0.1, -0.05) is 30.3 Å². The fourth-order valence-corrected chi connectivity index (χ4v) is 4.35. The molecule has 2 fully saturated rings. The molecule has 2 atom stereocenters. The molecule has 2 aromatic rings. The second-order valence-corrected chi connectivity index (χ2v) is 8.02. The van der Waals surface area contributed by atoms with Gasteiger partial charge in [0.1, 0.15) is 18.2 Å². The van der Waals surface area contributed by atoms with E-state index in [9.17, 15) is 14.0 Å². The number of rotatable bonds is 7. The van der Waals surface area contributed by atoms with Gasteiger partial charge in [0.2, 0.25) is 0 Å². The number of piperidine rings is 1. The smallest absolute Gasteiger partial charge is 0.410 e. The summed E-state index contributed by atoms with van der Waals surface area (Å²) in [6.45, 7) is 0.830. The maximum Gasteiger partial charge on any atom is 0.410 e. The molecule has 0 aliphatic carbocycles. The molecule has 0 radical (unpaired) electrons. The zero-order valence-corrected chi connectivity index (χ0v) is 17.9. The molecule has 2 aliphatic rings. The molecule has 2 heterocycles. The van der Waals surface area contributed by atoms with Crippen LogP contribution >= 0.6 is 0 Å². The van der Waals surface area contributed by atoms with Crippen LogP contribution in [0.2, 0.25) is 0 Å². The number of carbonyl (C=O) groups excluding carboxylic acids is 2. The van der Waals surface area contributed by atoms with Gasteiger partial charge in [-0.2, -0.15) is 0 Å². The Hall–Kier alpha value is -2.97. The summed E-state index contributed by atoms with van der Waals surface area (Å²) in [6, 6.07) is 13.1. The fraction of sp³-hybridized carbons (Fsp3) is 0.417. The highest BCUT2D eigenvalue weighted by molar-refractivity contribution is 5.98. The van der Waals surface area contributed by atoms with E-state index in [-0.39, 0.29) is 36.8 Å². The van der Waals surface area contributed by atoms with Crippen molar-refractivity contribution in [1.29, 1.82) is 0 Å². The number of halogens is 1. The number of Topliss-reactive ketones (excluding diaryl/α,β-unsaturated/α-hetero) is 1. The fourth-order valence-electron chi connectivity index (χ4n) is 4.35. The van der Waals surface area contributed by atoms with Gasteiger partial charge in [0.05, 0.1) is 30.9 Å². The van der Waals surface area contributed by atoms with Crippen molar-refractivity contribution in [3.63, 3.8) is 0 Å². The number of ketones is 1. The Balaban J connectivity index is 1.41. The Morgan fingerprint density at radius 1 is 1.09 bits per heavy atom. The van der Waals surface area contributed by atoms with Gasteiger partial charge in [-0.15, -0.1) is 0 Å². The van der Waals surface area contributed by atoms with Crippen LogP contribution in [-0.2, 0) is 20.8 Å². The quantitative estimate of drug-likeness (QED) is 0.479. The summed E-state index contributed by atoms with van der Waals surface area (Å²) >= 11 is 0. The first-order chi connectivity index (χ1) is 15.6. The molecule has 0 N–H and O–H groups in total. The van der Waals surface area contributed by atoms with Gasteiger partial charge >= 0.3 is 6.09 Å². The van der Waals surface area contributed by atoms with Crippen LogP contribution in [-0.4, -0.2) is 56.0 Å². The zero-order chi connectivity index (χ0) is 22.5. The summed E-state index contributed by atoms with van der Waals surface area (Å²) in [6.07, 6.45) is 0.387. The molecular weight excluding hydrogens is 417 g/mol. The topological polar surface area (TPSA) is 74.3 Å². The summed E-state index contributed by atoms with van der Waals surface area (Å²) in [4.78, 5) is 27.6. The number of methoxy groups -OCH3 is 1. The summed E-state index contributed by atoms with van der Waals surface area (Å²) in [5.41, 5.74) is 0.930. The summed E-state index contributed by atoms with van der Waals surface area (Å²) in [7, 11) is 1.47. The van der Waals surface area contributed by atoms with Crippen molar-refractivity contribution in [1.82, 2.24) is 4.90 Å². The number of carbonyl (C=O) groups is 2. The van der Waals surface area contributed by atoms with Crippen LogP contribution in [0, 0.1) is 11.7 Å². The second-order valence-electron chi connectivity index (χ2n) is 8.02. The maximum atomic E-state index is 14.6. The van der Waals surface area contributed by atoms with Crippen LogP contribution in [0.15, 0.2) is 48.5 Å². The van der Waals surface area contributed by atoms with Gasteiger partial charge < -0.3 is 18.9 Å². The molecule has 32 heavy (non-hydrogen) atoms. The lowest BCUT2D eigenvalue weighted by molar-refractivity contribution is -0.0755. The van der Waals surface area contributed by atoms with E-state index in [1.807, 2.05) is 30.3 Å². The van der Waals surface area contributed by atoms with E-state index < -0.39 is 17.8 Å². The van der Waals surface area contributed by atoms with E-state index in [0.29, 0.717) is 31.8 Å². The van der Waals surface area contributed by atoms with E-state index in [1.165, 1.54) is 19.2 Å². The molecule has 4 rings (SSSR count). The lowest BCUT2D eigenvalue weighted by Crippen LogP contribution is -2.60. The van der Waals surface area contributed by atoms with Gasteiger partial charge in [0.15, 0.2) is 12.6 Å². The van der Waals surface area contributed by atoms with Crippen LogP contribution in [0.4, 0.5) is 9.18 Å². The van der Waals surface area contributed by atoms with Gasteiger partial charge in [-0.05, 0) is 30.5 Å². The minimum absolute atomic E-state index is 0.00503. The van der Waals surface area contributed by atoms with Crippen LogP contribution in [0.25, 0.3) is 0 Å². The zero-order valence-electron chi connectivity index (χ0n) is 17.9. The highest BCUT2D eigenvalue weighted by Gasteiger charge is 2.44. The number of ether oxygens (including phenoxy) is 4. The predicted octanol–water partition coefficient (Wildman–Crippen LogP) is 3.81. The van der Waals surface area contributed by atoms with Crippen molar-refractivity contribution in [2.24, 2.45) is 5.92 Å². The first-order valence-electron chi connectivity index (χ1n) is 10.6. The number of hydrogen-bond donors (Lipinski definition) is 0. The second kappa shape index (κ2) is 10.1. The molecule has 2 aliphatic heterocycles. The molecular formula is C24H26FNO6. The average molecular weight is 443 g/mol. The number of amides is 1. The van der Waals surface area contributed by atoms with Crippen molar-refractivity contribution < 1.29 is 32.9 Å². The monoisotopic (exact) mass is 443 g/mol. The third-order valence-electron chi connectivity index (χ3n) is 5.86. The van der Waals surface area contributed by atoms with Crippen molar-refractivity contribution in [2.45, 2.75) is 31.5 Å². The van der Waals surface area contributed by atoms with Crippen LogP contribution in [0.1, 0.15) is 28.8 Å². The molecule has 8 heteroatoms. The SMILES string of the molecule is COCOc1ccc(C(=O)C2CC3COCC(C2)N3C(=O)OCc2ccccc2)c(F)c1. The van der Waals surface area contributed by atoms with Crippen molar-refractivity contribution in [3.05, 3.63) is 65.5 Å². The minimum Gasteiger partial charge on any atom is -0.467 e. The average Bonchev–Trinajstić information content (AvgIpc) is 2.80. The van der Waals surface area contributed by atoms with E-state index >= 15 is 0 Å². The molecule has 0 saturated carbocycles. The molecule has 2 unspecified atom stereocenters. The largest absolute Gasteiger partial charge is 0.467 e. The van der Waals surface area contributed by atoms with E-state index in [4.69, 9.17) is 18.9 Å². The third kappa shape index (κ3) is 4.92. The maximum absolute atomic E-state index is 14.6. The highest BCUT2D eigenvalue weighted by atomic mass is 19.1. The highest BCUT2D eigenvalue weighted by Crippen LogP contribution is 2.35. The summed E-state index contributed by atoms with van der Waals surface area (Å²) in [5.74, 6) is -1.00. The third-order valence-corrected chi connectivity index (χ3v) is 5.86. The van der Waals surface area contributed by atoms with E-state index in [2.05, 4.69) is 0 Å². The summed E-state index contributed by atoms with van der Waals surface area (Å²) in [5, 5.41) is 0. The Bertz CT molecular complexity index is 939. The molecule has 0 spiro atoms. The number of benzene rings is 2. The number of hydrogen-bond acceptors (Lipinski definition) is 6. The standard InChI is InChI=1S/C24H26FNO6/c1-29-15-32-20-7-8-21(22(25)11-20)23(27)17-9-18-13-30-14-19(10-17)26(18)24(28)31-12-16-5-3-2-4-6-16/h2-8,11,17-19H,9-10,12-15H2,1H3. The normalized spacial score (nSPS) is 22.3. The first-order valence-corrected chi connectivity index (χ1v) is 10.6. The number of morpholine rings is 1. The van der Waals surface area contributed by atoms with E-state index in [1.54, 1.807) is 11.0 Å². The Kier molecular flexibility index (Phi) is 7.02. The van der Waals surface area contributed by atoms with E-state index in [0.717, 1.165) is 5.56 Å². The number of nitrogens with zero attached hydrogens (tertiary/aromatic N) is 1. The number of fused-ring (bicyclic) bond motifs is 2. The van der Waals surface area contributed by atoms with Crippen LogP contribution < -0.4 is 4.74 Å². The molecule has 2 saturated heterocycles. The molecule has 2 aromatic carbocycles. The van der Waals surface area contributed by atoms with Crippen molar-refractivity contribution >= 4 is 11.9 Å². The first kappa shape index (κ1) is 22.2. The summed E-state index contributed by atoms with van der Waals surface area (Å²) < 4.78 is 35.8. The molecule has 1 amide bonds. The minimum atomic E-state index is -0.630. The van der Waals surface area contributed by atoms with Gasteiger partial charge in [-0.25, -0.2) is 9.18 Å². The van der Waals surface area contributed by atoms with Gasteiger partial charge in [0, 0.05) is 19.1 Å². The van der Waals surface area contributed by atoms with Crippen molar-refractivity contribution in [3.8, 4) is 5.75 Å². The molecule has 2 bridgehead atoms. The van der Waals surface area contributed by atoms with Crippen molar-refractivity contribution in [2.75, 3.05) is 27.1 Å². The van der Waals surface area contributed by atoms with Crippen LogP contribution in [0.5, 0.6) is 5.75 Å². The van der Waals surface area contributed by atoms with Crippen LogP contribution in [0.3, 0.4) is 0 Å². The lowest BCUT2D eigenvalue weighted by Gasteiger charge is -2.47.